The number of carbonyl (C=O) groups is 1. The lowest BCUT2D eigenvalue weighted by atomic mass is 9.83. The fraction of sp³-hybridized carbons (Fsp3) is 0.750. The van der Waals surface area contributed by atoms with Crippen molar-refractivity contribution in [3.63, 3.8) is 0 Å². The maximum absolute atomic E-state index is 11.6. The Morgan fingerprint density at radius 3 is 2.75 bits per heavy atom. The van der Waals surface area contributed by atoms with E-state index in [1.54, 1.807) is 6.08 Å². The molecule has 4 nitrogen and oxygen atoms in total. The summed E-state index contributed by atoms with van der Waals surface area (Å²) in [4.78, 5) is 22.2. The van der Waals surface area contributed by atoms with Gasteiger partial charge in [-0.25, -0.2) is 0 Å². The molecule has 1 aliphatic rings. The van der Waals surface area contributed by atoms with E-state index in [0.29, 0.717) is 12.8 Å². The summed E-state index contributed by atoms with van der Waals surface area (Å²) >= 11 is 0. The number of hydrogen-bond donors (Lipinski definition) is 0. The van der Waals surface area contributed by atoms with Gasteiger partial charge in [-0.15, -0.1) is 0 Å². The molecule has 0 heterocycles. The van der Waals surface area contributed by atoms with Crippen LogP contribution in [-0.4, -0.2) is 16.7 Å². The van der Waals surface area contributed by atoms with E-state index in [0.717, 1.165) is 24.8 Å². The molecule has 0 N–H and O–H groups in total. The molecule has 16 heavy (non-hydrogen) atoms. The third-order valence-corrected chi connectivity index (χ3v) is 3.00. The van der Waals surface area contributed by atoms with Crippen molar-refractivity contribution in [2.75, 3.05) is 0 Å². The van der Waals surface area contributed by atoms with Gasteiger partial charge in [0, 0.05) is 23.7 Å². The number of Topliss-reactive ketones (excluding diaryl/α,β-unsaturated/α-hetero) is 1. The highest BCUT2D eigenvalue weighted by molar-refractivity contribution is 5.81. The molecule has 4 heteroatoms. The van der Waals surface area contributed by atoms with Crippen LogP contribution in [-0.2, 0) is 4.79 Å². The van der Waals surface area contributed by atoms with Gasteiger partial charge in [-0.2, -0.15) is 0 Å². The first kappa shape index (κ1) is 12.9. The first-order valence-electron chi connectivity index (χ1n) is 5.82. The van der Waals surface area contributed by atoms with Gasteiger partial charge in [0.15, 0.2) is 0 Å². The van der Waals surface area contributed by atoms with Crippen LogP contribution in [0.15, 0.2) is 11.6 Å². The van der Waals surface area contributed by atoms with Gasteiger partial charge in [0.25, 0.3) is 0 Å². The molecule has 2 atom stereocenters. The van der Waals surface area contributed by atoms with E-state index >= 15 is 0 Å². The summed E-state index contributed by atoms with van der Waals surface area (Å²) < 4.78 is 0. The van der Waals surface area contributed by atoms with E-state index in [1.165, 1.54) is 0 Å². The normalized spacial score (nSPS) is 22.6. The maximum Gasteiger partial charge on any atom is 0.232 e. The zero-order valence-corrected chi connectivity index (χ0v) is 9.94. The second-order valence-corrected chi connectivity index (χ2v) is 4.74. The number of carbonyl (C=O) groups excluding carboxylic acids is 1. The SMILES string of the molecule is CC(C)=CC(C[C@H]1CCCCC1=O)[N+](=O)[O-]. The summed E-state index contributed by atoms with van der Waals surface area (Å²) in [6.07, 6.45) is 5.42. The van der Waals surface area contributed by atoms with Crippen molar-refractivity contribution in [1.82, 2.24) is 0 Å². The molecule has 0 radical (unpaired) electrons. The molecule has 0 aromatic heterocycles. The van der Waals surface area contributed by atoms with Gasteiger partial charge in [0.2, 0.25) is 6.04 Å². The Hall–Kier alpha value is -1.19. The van der Waals surface area contributed by atoms with Gasteiger partial charge >= 0.3 is 0 Å². The first-order valence-corrected chi connectivity index (χ1v) is 5.82. The number of nitro groups is 1. The van der Waals surface area contributed by atoms with Crippen LogP contribution in [0, 0.1) is 16.0 Å². The molecule has 0 aliphatic heterocycles. The lowest BCUT2D eigenvalue weighted by molar-refractivity contribution is -0.511. The van der Waals surface area contributed by atoms with Crippen molar-refractivity contribution in [2.24, 2.45) is 5.92 Å². The number of ketones is 1. The Morgan fingerprint density at radius 2 is 2.25 bits per heavy atom. The number of hydrogen-bond acceptors (Lipinski definition) is 3. The molecule has 1 saturated carbocycles. The van der Waals surface area contributed by atoms with E-state index in [4.69, 9.17) is 0 Å². The number of rotatable bonds is 4. The first-order chi connectivity index (χ1) is 7.50. The van der Waals surface area contributed by atoms with Crippen molar-refractivity contribution >= 4 is 5.78 Å². The third-order valence-electron chi connectivity index (χ3n) is 3.00. The molecular weight excluding hydrogens is 206 g/mol. The zero-order chi connectivity index (χ0) is 12.1. The van der Waals surface area contributed by atoms with Crippen LogP contribution >= 0.6 is 0 Å². The minimum Gasteiger partial charge on any atom is -0.299 e. The smallest absolute Gasteiger partial charge is 0.232 e. The number of allylic oxidation sites excluding steroid dienone is 1. The molecule has 0 spiro atoms. The Kier molecular flexibility index (Phi) is 4.65. The third kappa shape index (κ3) is 3.76. The van der Waals surface area contributed by atoms with Crippen LogP contribution in [0.4, 0.5) is 0 Å². The molecule has 0 amide bonds. The van der Waals surface area contributed by atoms with Gasteiger partial charge in [-0.1, -0.05) is 12.0 Å². The topological polar surface area (TPSA) is 60.2 Å². The van der Waals surface area contributed by atoms with Crippen molar-refractivity contribution in [1.29, 1.82) is 0 Å². The fourth-order valence-corrected chi connectivity index (χ4v) is 2.20. The summed E-state index contributed by atoms with van der Waals surface area (Å²) in [5.74, 6) is 0.111. The Balaban J connectivity index is 2.63. The quantitative estimate of drug-likeness (QED) is 0.420. The second kappa shape index (κ2) is 5.77. The minimum atomic E-state index is -0.697. The van der Waals surface area contributed by atoms with E-state index in [-0.39, 0.29) is 16.6 Å². The molecule has 0 aromatic carbocycles. The summed E-state index contributed by atoms with van der Waals surface area (Å²) in [6, 6.07) is -0.697. The molecule has 0 aromatic rings. The van der Waals surface area contributed by atoms with Crippen LogP contribution < -0.4 is 0 Å². The van der Waals surface area contributed by atoms with Crippen LogP contribution in [0.5, 0.6) is 0 Å². The van der Waals surface area contributed by atoms with Gasteiger partial charge in [-0.05, 0) is 32.8 Å². The predicted octanol–water partition coefficient (Wildman–Crippen LogP) is 2.75. The van der Waals surface area contributed by atoms with E-state index in [9.17, 15) is 14.9 Å². The van der Waals surface area contributed by atoms with Crippen molar-refractivity contribution in [2.45, 2.75) is 52.0 Å². The Morgan fingerprint density at radius 1 is 1.56 bits per heavy atom. The van der Waals surface area contributed by atoms with Gasteiger partial charge in [0.05, 0.1) is 0 Å². The summed E-state index contributed by atoms with van der Waals surface area (Å²) in [5, 5.41) is 10.9. The van der Waals surface area contributed by atoms with Gasteiger partial charge in [0.1, 0.15) is 5.78 Å². The summed E-state index contributed by atoms with van der Waals surface area (Å²) in [6.45, 7) is 3.69. The largest absolute Gasteiger partial charge is 0.299 e. The lowest BCUT2D eigenvalue weighted by Gasteiger charge is -2.20. The Labute approximate surface area is 95.9 Å². The van der Waals surface area contributed by atoms with Crippen LogP contribution in [0.25, 0.3) is 0 Å². The Bertz CT molecular complexity index is 305. The molecule has 1 unspecified atom stereocenters. The highest BCUT2D eigenvalue weighted by Gasteiger charge is 2.29. The van der Waals surface area contributed by atoms with Crippen LogP contribution in [0.2, 0.25) is 0 Å². The maximum atomic E-state index is 11.6. The van der Waals surface area contributed by atoms with Gasteiger partial charge in [-0.3, -0.25) is 14.9 Å². The van der Waals surface area contributed by atoms with E-state index < -0.39 is 6.04 Å². The predicted molar refractivity (Wildman–Crippen MR) is 61.8 cm³/mol. The fourth-order valence-electron chi connectivity index (χ4n) is 2.20. The van der Waals surface area contributed by atoms with E-state index in [2.05, 4.69) is 0 Å². The molecule has 90 valence electrons. The lowest BCUT2D eigenvalue weighted by Crippen LogP contribution is -2.27. The zero-order valence-electron chi connectivity index (χ0n) is 9.94. The molecule has 1 fully saturated rings. The van der Waals surface area contributed by atoms with Crippen LogP contribution in [0.1, 0.15) is 46.0 Å². The van der Waals surface area contributed by atoms with Crippen LogP contribution in [0.3, 0.4) is 0 Å². The van der Waals surface area contributed by atoms with Crippen molar-refractivity contribution in [3.8, 4) is 0 Å². The van der Waals surface area contributed by atoms with Gasteiger partial charge < -0.3 is 0 Å². The standard InChI is InChI=1S/C12H19NO3/c1-9(2)7-11(13(15)16)8-10-5-3-4-6-12(10)14/h7,10-11H,3-6,8H2,1-2H3/t10-,11?/m1/s1. The van der Waals surface area contributed by atoms with Crippen molar-refractivity contribution < 1.29 is 9.72 Å². The molecule has 0 saturated heterocycles. The monoisotopic (exact) mass is 225 g/mol. The molecule has 0 bridgehead atoms. The summed E-state index contributed by atoms with van der Waals surface area (Å²) in [7, 11) is 0. The average Bonchev–Trinajstić information content (AvgIpc) is 2.19. The highest BCUT2D eigenvalue weighted by atomic mass is 16.6. The van der Waals surface area contributed by atoms with E-state index in [1.807, 2.05) is 13.8 Å². The molecular formula is C12H19NO3. The van der Waals surface area contributed by atoms with Crippen molar-refractivity contribution in [3.05, 3.63) is 21.8 Å². The summed E-state index contributed by atoms with van der Waals surface area (Å²) in [5.41, 5.74) is 0.935. The second-order valence-electron chi connectivity index (χ2n) is 4.74. The average molecular weight is 225 g/mol. The highest BCUT2D eigenvalue weighted by Crippen LogP contribution is 2.25. The molecule has 1 aliphatic carbocycles. The molecule has 1 rings (SSSR count). The minimum absolute atomic E-state index is 0.0975. The number of nitrogens with zero attached hydrogens (tertiary/aromatic N) is 1.